The first kappa shape index (κ1) is 102. The van der Waals surface area contributed by atoms with Gasteiger partial charge in [-0.15, -0.1) is 0 Å². The second-order valence-corrected chi connectivity index (χ2v) is 25.7. The number of nitrogens with two attached hydrogens (primary N) is 6. The number of ether oxygens (including phenoxy) is 2. The Bertz CT molecular complexity index is 6450. The van der Waals surface area contributed by atoms with Crippen molar-refractivity contribution in [3.05, 3.63) is 305 Å². The summed E-state index contributed by atoms with van der Waals surface area (Å²) in [5.41, 5.74) is 31.5. The molecule has 52 heteroatoms. The predicted octanol–water partition coefficient (Wildman–Crippen LogP) is 8.62. The van der Waals surface area contributed by atoms with E-state index in [0.717, 1.165) is 60.7 Å². The van der Waals surface area contributed by atoms with Crippen LogP contribution in [0.4, 0.5) is 34.1 Å². The molecule has 0 unspecified atom stereocenters. The molecule has 5 heterocycles. The highest BCUT2D eigenvalue weighted by Crippen LogP contribution is 2.45. The van der Waals surface area contributed by atoms with Gasteiger partial charge in [-0.3, -0.25) is 95.4 Å². The van der Waals surface area contributed by atoms with Crippen molar-refractivity contribution in [1.82, 2.24) is 44.8 Å². The molecule has 684 valence electrons. The maximum absolute atomic E-state index is 12.2. The molecule has 0 bridgehead atoms. The van der Waals surface area contributed by atoms with Crippen molar-refractivity contribution < 1.29 is 94.9 Å². The molecule has 0 aliphatic carbocycles. The number of aromatic nitrogens is 8. The van der Waals surface area contributed by atoms with Crippen LogP contribution in [0.3, 0.4) is 0 Å². The van der Waals surface area contributed by atoms with Crippen LogP contribution in [0.15, 0.2) is 183 Å². The zero-order chi connectivity index (χ0) is 101. The molecular formula is C83H67N27O25. The van der Waals surface area contributed by atoms with Crippen LogP contribution in [0.25, 0.3) is 62.0 Å². The van der Waals surface area contributed by atoms with E-state index in [2.05, 4.69) is 39.9 Å². The fourth-order valence-electron chi connectivity index (χ4n) is 11.0. The van der Waals surface area contributed by atoms with Crippen LogP contribution in [0.1, 0.15) is 75.7 Å². The molecule has 0 saturated heterocycles. The van der Waals surface area contributed by atoms with Crippen LogP contribution in [-0.4, -0.2) is 159 Å². The van der Waals surface area contributed by atoms with Gasteiger partial charge in [0.25, 0.3) is 5.91 Å². The van der Waals surface area contributed by atoms with Crippen molar-refractivity contribution in [2.24, 2.45) is 34.4 Å². The van der Waals surface area contributed by atoms with E-state index < -0.39 is 133 Å². The number of amides is 1. The fraction of sp³-hybridized carbons (Fsp3) is 0.0723. The standard InChI is InChI=1S/C15H12N4O4.C14H11N5O4.C14H16N4O5.C14H10N4O4.2C13H9N5O4/c1-23-13-7-9(6-12(15(13)20)19(21)22)14(17)10(8-16)11-4-2-3-5-18-11;1-23-12-5-8(4-11(14(12)20)19(21)22)13(16)9(6-15)10-7-17-2-3-18-10;1-3-17(4-2)14(21)9(7-15)12(16)8-5-10(18(22)23)13(20)11(19)6-8;15-7-9(10-3-1-2-4-17-10)13(16)8-5-11(18(21)22)14(20)12(19)6-8;14-5-8(9-6-16-1-2-17-9)12(15)7-3-10(18(21)22)13(20)11(19)4-7;14-5-8(9-1-2-16-6-17-9)12(15)7-3-10(18(21)22)13(20)11(19)4-7/h2-7,20H,17H2,1H3;2-5,7,20H,16H2,1H3;5-6,19-20H,3-4,16H2,1-2H3;1-6,19-20H,16H2;2*1-4,6,19-20H,15H2/b14-10-;13-9-;12-9-;13-9-;2*12-8-. The van der Waals surface area contributed by atoms with Crippen LogP contribution < -0.4 is 43.9 Å². The largest absolute Gasteiger partial charge is 0.504 e. The van der Waals surface area contributed by atoms with E-state index in [1.54, 1.807) is 56.3 Å². The monoisotopic (exact) mass is 1840 g/mol. The number of likely N-dealkylation sites (N-methyl/N-ethyl adjacent to an activating group) is 1. The number of hydrogen-bond acceptors (Lipinski definition) is 45. The minimum Gasteiger partial charge on any atom is -0.504 e. The molecule has 0 radical (unpaired) electrons. The van der Waals surface area contributed by atoms with E-state index in [0.29, 0.717) is 18.8 Å². The molecule has 0 atom stereocenters. The molecule has 11 rings (SSSR count). The summed E-state index contributed by atoms with van der Waals surface area (Å²) in [4.78, 5) is 105. The van der Waals surface area contributed by atoms with E-state index in [-0.39, 0.29) is 130 Å². The maximum atomic E-state index is 12.2. The summed E-state index contributed by atoms with van der Waals surface area (Å²) >= 11 is 0. The Hall–Kier alpha value is -21.5. The number of carbonyl (C=O) groups is 1. The Morgan fingerprint density at radius 2 is 0.607 bits per heavy atom. The number of nitrogens with zero attached hydrogens (tertiary/aromatic N) is 21. The highest BCUT2D eigenvalue weighted by Gasteiger charge is 2.30. The van der Waals surface area contributed by atoms with Crippen LogP contribution in [0.5, 0.6) is 69.0 Å². The van der Waals surface area contributed by atoms with Crippen LogP contribution in [-0.2, 0) is 4.79 Å². The number of nitriles is 6. The van der Waals surface area contributed by atoms with Gasteiger partial charge in [0.2, 0.25) is 34.5 Å². The second-order valence-electron chi connectivity index (χ2n) is 25.7. The number of pyridine rings is 2. The molecule has 0 saturated carbocycles. The van der Waals surface area contributed by atoms with Gasteiger partial charge >= 0.3 is 34.1 Å². The van der Waals surface area contributed by atoms with Crippen molar-refractivity contribution in [3.63, 3.8) is 0 Å². The zero-order valence-corrected chi connectivity index (χ0v) is 69.6. The van der Waals surface area contributed by atoms with Crippen molar-refractivity contribution in [2.45, 2.75) is 13.8 Å². The lowest BCUT2D eigenvalue weighted by molar-refractivity contribution is -0.386. The molecule has 22 N–H and O–H groups in total. The molecule has 0 fully saturated rings. The summed E-state index contributed by atoms with van der Waals surface area (Å²) in [6.45, 7) is 4.16. The van der Waals surface area contributed by atoms with Gasteiger partial charge < -0.3 is 99.8 Å². The number of rotatable bonds is 22. The molecule has 52 nitrogen and oxygen atoms in total. The van der Waals surface area contributed by atoms with Gasteiger partial charge in [0, 0.05) is 126 Å². The van der Waals surface area contributed by atoms with Gasteiger partial charge in [-0.25, -0.2) is 9.97 Å². The number of phenolic OH excluding ortho intramolecular Hbond substituents is 10. The summed E-state index contributed by atoms with van der Waals surface area (Å²) < 4.78 is 9.82. The van der Waals surface area contributed by atoms with E-state index in [4.69, 9.17) is 43.9 Å². The lowest BCUT2D eigenvalue weighted by Gasteiger charge is -2.18. The Morgan fingerprint density at radius 3 is 0.837 bits per heavy atom. The summed E-state index contributed by atoms with van der Waals surface area (Å²) in [7, 11) is 2.50. The molecule has 1 amide bonds. The number of methoxy groups -OCH3 is 2. The third kappa shape index (κ3) is 25.0. The number of phenols is 10. The average molecular weight is 1840 g/mol. The third-order valence-corrected chi connectivity index (χ3v) is 17.7. The Kier molecular flexibility index (Phi) is 35.6. The average Bonchev–Trinajstić information content (AvgIpc) is 0.835. The van der Waals surface area contributed by atoms with E-state index in [9.17, 15) is 148 Å². The third-order valence-electron chi connectivity index (χ3n) is 17.7. The maximum Gasteiger partial charge on any atom is 0.315 e. The van der Waals surface area contributed by atoms with E-state index >= 15 is 0 Å². The molecule has 135 heavy (non-hydrogen) atoms. The quantitative estimate of drug-likeness (QED) is 0.00992. The SMILES string of the molecule is CCN(CC)C(=O)/C(C#N)=C(\N)c1cc(O)c(O)c([N+](=O)[O-])c1.COc1cc(/C(N)=C(\C#N)c2ccccn2)cc([N+](=O)[O-])c1O.COc1cc(/C(N)=C(\C#N)c2cnccn2)cc([N+](=O)[O-])c1O.N#C/C(=C(/N)c1cc(O)c(O)c([N+](=O)[O-])c1)c1ccccn1.N#C/C(=C(/N)c1cc(O)c(O)c([N+](=O)[O-])c1)c1ccncn1.N#C/C(=C(/N)c1cc(O)c(O)c([N+](=O)[O-])c1)c1cnccn1. The Balaban J connectivity index is 0.000000249. The van der Waals surface area contributed by atoms with E-state index in [1.807, 2.05) is 30.3 Å². The number of allylic oxidation sites excluding steroid dienone is 5. The molecule has 0 aliphatic rings. The van der Waals surface area contributed by atoms with Gasteiger partial charge in [0.1, 0.15) is 87.6 Å². The summed E-state index contributed by atoms with van der Waals surface area (Å²) in [5.74, 6) is -8.53. The molecule has 6 aromatic carbocycles. The number of benzene rings is 6. The molecule has 11 aromatic rings. The second kappa shape index (κ2) is 47.0. The fourth-order valence-corrected chi connectivity index (χ4v) is 11.0. The number of nitro benzene ring substituents is 6. The smallest absolute Gasteiger partial charge is 0.315 e. The Morgan fingerprint density at radius 1 is 0.341 bits per heavy atom. The van der Waals surface area contributed by atoms with Crippen molar-refractivity contribution in [3.8, 4) is 105 Å². The number of hydrogen-bond donors (Lipinski definition) is 16. The number of nitro groups is 6. The molecule has 5 aromatic heterocycles. The van der Waals surface area contributed by atoms with Gasteiger partial charge in [0.15, 0.2) is 34.5 Å². The molecule has 0 aliphatic heterocycles. The normalized spacial score (nSPS) is 11.4. The number of aromatic hydroxyl groups is 10. The Labute approximate surface area is 756 Å². The van der Waals surface area contributed by atoms with Crippen LogP contribution >= 0.6 is 0 Å². The van der Waals surface area contributed by atoms with Crippen LogP contribution in [0, 0.1) is 129 Å². The lowest BCUT2D eigenvalue weighted by Crippen LogP contribution is -2.32. The van der Waals surface area contributed by atoms with E-state index in [1.165, 1.54) is 99.4 Å². The first-order valence-corrected chi connectivity index (χ1v) is 36.9. The van der Waals surface area contributed by atoms with Crippen molar-refractivity contribution in [1.29, 1.82) is 31.6 Å². The first-order chi connectivity index (χ1) is 64.1. The van der Waals surface area contributed by atoms with Gasteiger partial charge in [-0.1, -0.05) is 12.1 Å². The predicted molar refractivity (Wildman–Crippen MR) is 471 cm³/mol. The van der Waals surface area contributed by atoms with Crippen molar-refractivity contribution in [2.75, 3.05) is 27.3 Å². The first-order valence-electron chi connectivity index (χ1n) is 36.9. The highest BCUT2D eigenvalue weighted by atomic mass is 16.7. The van der Waals surface area contributed by atoms with Crippen molar-refractivity contribution >= 4 is 102 Å². The minimum atomic E-state index is -0.917. The van der Waals surface area contributed by atoms with Gasteiger partial charge in [0.05, 0.1) is 107 Å². The summed E-state index contributed by atoms with van der Waals surface area (Å²) in [6, 6.07) is 34.9. The highest BCUT2D eigenvalue weighted by molar-refractivity contribution is 6.05. The summed E-state index contributed by atoms with van der Waals surface area (Å²) in [5, 5.41) is 217. The van der Waals surface area contributed by atoms with Crippen LogP contribution in [0.2, 0.25) is 0 Å². The number of carbonyl (C=O) groups excluding carboxylic acids is 1. The summed E-state index contributed by atoms with van der Waals surface area (Å²) in [6.07, 6.45) is 13.8. The van der Waals surface area contributed by atoms with Gasteiger partial charge in [-0.2, -0.15) is 31.6 Å². The molecular weight excluding hydrogens is 1780 g/mol. The zero-order valence-electron chi connectivity index (χ0n) is 69.6. The molecule has 0 spiro atoms. The topological polar surface area (TPSA) is 902 Å². The lowest BCUT2D eigenvalue weighted by atomic mass is 10.0. The van der Waals surface area contributed by atoms with Gasteiger partial charge in [-0.05, 0) is 80.6 Å². The minimum absolute atomic E-state index is 0.0000113.